The van der Waals surface area contributed by atoms with Gasteiger partial charge in [-0.05, 0) is 55.0 Å². The van der Waals surface area contributed by atoms with Gasteiger partial charge in [-0.3, -0.25) is 24.8 Å². The van der Waals surface area contributed by atoms with Crippen LogP contribution in [0.1, 0.15) is 68.6 Å². The maximum atomic E-state index is 16.3. The first-order valence-corrected chi connectivity index (χ1v) is 15.6. The normalized spacial score (nSPS) is 23.6. The molecular weight excluding hydrogens is 573 g/mol. The van der Waals surface area contributed by atoms with Gasteiger partial charge in [0.15, 0.2) is 0 Å². The average Bonchev–Trinajstić information content (AvgIpc) is 3.84. The van der Waals surface area contributed by atoms with E-state index in [1.54, 1.807) is 24.4 Å². The summed E-state index contributed by atoms with van der Waals surface area (Å²) in [5.74, 6) is -1.24. The smallest absolute Gasteiger partial charge is 0.234 e. The van der Waals surface area contributed by atoms with E-state index in [9.17, 15) is 14.7 Å². The van der Waals surface area contributed by atoms with Crippen LogP contribution in [0, 0.1) is 11.2 Å². The summed E-state index contributed by atoms with van der Waals surface area (Å²) >= 11 is 0. The molecular formula is C35H36FN5O4. The number of carbonyl (C=O) groups excluding carboxylic acids is 2. The molecule has 7 rings (SSSR count). The second kappa shape index (κ2) is 11.3. The minimum atomic E-state index is -1.41. The number of aliphatic hydroxyl groups is 1. The third kappa shape index (κ3) is 5.68. The van der Waals surface area contributed by atoms with E-state index in [4.69, 9.17) is 4.74 Å². The molecule has 0 unspecified atom stereocenters. The number of nitrogens with one attached hydrogen (secondary N) is 1. The summed E-state index contributed by atoms with van der Waals surface area (Å²) in [4.78, 5) is 30.8. The van der Waals surface area contributed by atoms with Crippen molar-refractivity contribution in [2.24, 2.45) is 5.41 Å². The number of fused-ring (bicyclic) bond motifs is 1. The van der Waals surface area contributed by atoms with Crippen molar-refractivity contribution in [1.29, 1.82) is 0 Å². The zero-order valence-electron chi connectivity index (χ0n) is 25.4. The van der Waals surface area contributed by atoms with Crippen molar-refractivity contribution in [3.05, 3.63) is 83.3 Å². The molecule has 9 nitrogen and oxygen atoms in total. The van der Waals surface area contributed by atoms with Crippen molar-refractivity contribution >= 4 is 22.7 Å². The Bertz CT molecular complexity index is 1770. The topological polar surface area (TPSA) is 118 Å². The van der Waals surface area contributed by atoms with Crippen LogP contribution in [0.25, 0.3) is 22.2 Å². The van der Waals surface area contributed by atoms with E-state index in [-0.39, 0.29) is 29.4 Å². The van der Waals surface area contributed by atoms with Crippen molar-refractivity contribution in [3.8, 4) is 17.1 Å². The number of rotatable bonds is 7. The van der Waals surface area contributed by atoms with Gasteiger partial charge in [0.25, 0.3) is 0 Å². The number of imide groups is 1. The third-order valence-corrected chi connectivity index (χ3v) is 9.54. The van der Waals surface area contributed by atoms with Crippen LogP contribution in [-0.2, 0) is 21.7 Å². The van der Waals surface area contributed by atoms with E-state index in [1.165, 1.54) is 0 Å². The Kier molecular flexibility index (Phi) is 7.37. The summed E-state index contributed by atoms with van der Waals surface area (Å²) in [5.41, 5.74) is 2.04. The summed E-state index contributed by atoms with van der Waals surface area (Å²) in [5, 5.41) is 23.2. The van der Waals surface area contributed by atoms with E-state index in [0.717, 1.165) is 29.7 Å². The summed E-state index contributed by atoms with van der Waals surface area (Å²) in [6.45, 7) is 5.78. The first-order chi connectivity index (χ1) is 21.6. The monoisotopic (exact) mass is 609 g/mol. The fourth-order valence-corrected chi connectivity index (χ4v) is 6.70. The number of benzene rings is 2. The van der Waals surface area contributed by atoms with Crippen molar-refractivity contribution in [1.82, 2.24) is 25.4 Å². The van der Waals surface area contributed by atoms with Gasteiger partial charge in [0.05, 0.1) is 22.7 Å². The summed E-state index contributed by atoms with van der Waals surface area (Å²) in [6, 6.07) is 17.0. The molecule has 2 N–H and O–H groups in total. The zero-order chi connectivity index (χ0) is 31.3. The molecule has 2 aliphatic heterocycles. The lowest BCUT2D eigenvalue weighted by Crippen LogP contribution is -2.55. The Hall–Kier alpha value is -4.28. The number of aromatic nitrogens is 3. The van der Waals surface area contributed by atoms with Crippen LogP contribution in [0.4, 0.5) is 4.39 Å². The highest BCUT2D eigenvalue weighted by atomic mass is 19.1. The maximum Gasteiger partial charge on any atom is 0.234 e. The van der Waals surface area contributed by atoms with E-state index in [1.807, 2.05) is 38.1 Å². The molecule has 4 aromatic rings. The number of nitrogens with zero attached hydrogens (tertiary/aromatic N) is 4. The second-order valence-corrected chi connectivity index (χ2v) is 13.2. The van der Waals surface area contributed by atoms with Gasteiger partial charge in [-0.1, -0.05) is 44.2 Å². The highest BCUT2D eigenvalue weighted by Gasteiger charge is 2.50. The molecule has 0 spiro atoms. The molecule has 3 fully saturated rings. The van der Waals surface area contributed by atoms with E-state index < -0.39 is 28.7 Å². The van der Waals surface area contributed by atoms with E-state index >= 15 is 4.39 Å². The molecule has 10 heteroatoms. The molecule has 4 heterocycles. The van der Waals surface area contributed by atoms with Crippen molar-refractivity contribution in [2.75, 3.05) is 13.1 Å². The lowest BCUT2D eigenvalue weighted by molar-refractivity contribution is -0.134. The van der Waals surface area contributed by atoms with E-state index in [2.05, 4.69) is 37.5 Å². The highest BCUT2D eigenvalue weighted by molar-refractivity contribution is 6.01. The molecule has 3 aliphatic rings. The second-order valence-electron chi connectivity index (χ2n) is 13.2. The van der Waals surface area contributed by atoms with Crippen LogP contribution in [0.2, 0.25) is 0 Å². The Morgan fingerprint density at radius 1 is 1.04 bits per heavy atom. The molecule has 2 aromatic heterocycles. The number of hydrogen-bond donors (Lipinski definition) is 2. The molecule has 1 aliphatic carbocycles. The largest absolute Gasteiger partial charge is 0.473 e. The zero-order valence-corrected chi connectivity index (χ0v) is 25.4. The molecule has 232 valence electrons. The van der Waals surface area contributed by atoms with Gasteiger partial charge < -0.3 is 9.84 Å². The Labute approximate surface area is 260 Å². The van der Waals surface area contributed by atoms with Crippen molar-refractivity contribution in [3.63, 3.8) is 0 Å². The number of halogens is 1. The maximum absolute atomic E-state index is 16.3. The van der Waals surface area contributed by atoms with Gasteiger partial charge in [0, 0.05) is 60.2 Å². The number of pyridine rings is 1. The first kappa shape index (κ1) is 29.4. The summed E-state index contributed by atoms with van der Waals surface area (Å²) < 4.78 is 22.0. The average molecular weight is 610 g/mol. The van der Waals surface area contributed by atoms with Gasteiger partial charge in [0.2, 0.25) is 17.7 Å². The number of piperidine rings is 2. The van der Waals surface area contributed by atoms with Gasteiger partial charge in [0.1, 0.15) is 11.9 Å². The lowest BCUT2D eigenvalue weighted by Gasteiger charge is -2.50. The quantitative estimate of drug-likeness (QED) is 0.281. The molecule has 2 aromatic carbocycles. The summed E-state index contributed by atoms with van der Waals surface area (Å²) in [6.07, 6.45) is 4.93. The van der Waals surface area contributed by atoms with Gasteiger partial charge in [-0.25, -0.2) is 4.39 Å². The Morgan fingerprint density at radius 3 is 2.53 bits per heavy atom. The van der Waals surface area contributed by atoms with Crippen LogP contribution in [-0.4, -0.2) is 56.2 Å². The fraction of sp³-hybridized carbons (Fsp3) is 0.400. The molecule has 2 amide bonds. The number of carbonyl (C=O) groups is 2. The molecule has 2 saturated heterocycles. The van der Waals surface area contributed by atoms with Crippen LogP contribution >= 0.6 is 0 Å². The highest BCUT2D eigenvalue weighted by Crippen LogP contribution is 2.48. The van der Waals surface area contributed by atoms with Crippen LogP contribution in [0.3, 0.4) is 0 Å². The van der Waals surface area contributed by atoms with Gasteiger partial charge in [-0.2, -0.15) is 0 Å². The first-order valence-electron chi connectivity index (χ1n) is 15.6. The minimum Gasteiger partial charge on any atom is -0.473 e. The Balaban J connectivity index is 1.06. The van der Waals surface area contributed by atoms with Gasteiger partial charge >= 0.3 is 0 Å². The minimum absolute atomic E-state index is 0.226. The van der Waals surface area contributed by atoms with Crippen LogP contribution in [0.15, 0.2) is 60.8 Å². The van der Waals surface area contributed by atoms with Crippen LogP contribution < -0.4 is 10.1 Å². The fourth-order valence-electron chi connectivity index (χ4n) is 6.70. The standard InChI is InChI=1S/C35H36FN5O4/c1-34(2)20-41(19-21-3-5-22(6-4-21)28-12-14-31(40-39-28)45-24-7-8-24)16-15-35(34,44)27-10-11-29-26(32(27)36)17-23(18-37-29)25-9-13-30(42)38-33(25)43/h3-6,10-12,14,17-18,24-25,44H,7-9,13,15-16,19-20H2,1-2H3,(H,38,42,43)/t25-,35-/m0/s1. The molecule has 0 radical (unpaired) electrons. The van der Waals surface area contributed by atoms with Crippen molar-refractivity contribution in [2.45, 2.75) is 70.1 Å². The molecule has 2 atom stereocenters. The SMILES string of the molecule is CC1(C)CN(Cc2ccc(-c3ccc(OC4CC4)nn3)cc2)CC[C@]1(O)c1ccc2ncc([C@@H]3CCC(=O)NC3=O)cc2c1F. The number of hydrogen-bond acceptors (Lipinski definition) is 8. The van der Waals surface area contributed by atoms with Crippen molar-refractivity contribution < 1.29 is 23.8 Å². The molecule has 0 bridgehead atoms. The number of likely N-dealkylation sites (tertiary alicyclic amines) is 1. The number of ether oxygens (including phenoxy) is 1. The van der Waals surface area contributed by atoms with E-state index in [0.29, 0.717) is 49.4 Å². The van der Waals surface area contributed by atoms with Crippen LogP contribution in [0.5, 0.6) is 5.88 Å². The third-order valence-electron chi connectivity index (χ3n) is 9.54. The lowest BCUT2D eigenvalue weighted by atomic mass is 9.66. The Morgan fingerprint density at radius 2 is 1.84 bits per heavy atom. The summed E-state index contributed by atoms with van der Waals surface area (Å²) in [7, 11) is 0. The van der Waals surface area contributed by atoms with Gasteiger partial charge in [-0.15, -0.1) is 10.2 Å². The number of amides is 2. The predicted molar refractivity (Wildman–Crippen MR) is 166 cm³/mol. The molecule has 1 saturated carbocycles. The predicted octanol–water partition coefficient (Wildman–Crippen LogP) is 5.01. The molecule has 45 heavy (non-hydrogen) atoms.